The third-order valence-electron chi connectivity index (χ3n) is 1.29. The summed E-state index contributed by atoms with van der Waals surface area (Å²) in [4.78, 5) is 11.0. The number of rotatable bonds is 4. The predicted molar refractivity (Wildman–Crippen MR) is 47.3 cm³/mol. The van der Waals surface area contributed by atoms with Crippen molar-refractivity contribution in [2.24, 2.45) is 0 Å². The van der Waals surface area contributed by atoms with Crippen molar-refractivity contribution in [3.8, 4) is 0 Å². The van der Waals surface area contributed by atoms with Gasteiger partial charge in [0.2, 0.25) is 12.5 Å². The van der Waals surface area contributed by atoms with Crippen LogP contribution in [-0.2, 0) is 14.3 Å². The van der Waals surface area contributed by atoms with Crippen LogP contribution < -0.4 is 0 Å². The summed E-state index contributed by atoms with van der Waals surface area (Å²) in [6, 6.07) is 0. The van der Waals surface area contributed by atoms with E-state index in [2.05, 4.69) is 6.58 Å². The predicted octanol–water partition coefficient (Wildman–Crippen LogP) is 0.289. The number of hydrogen-bond acceptors (Lipinski definition) is 4. The second-order valence-corrected chi connectivity index (χ2v) is 2.40. The van der Waals surface area contributed by atoms with Gasteiger partial charge in [-0.25, -0.2) is 4.79 Å². The Bertz CT molecular complexity index is 230. The fourth-order valence-electron chi connectivity index (χ4n) is 0.584. The highest BCUT2D eigenvalue weighted by Crippen LogP contribution is 1.92. The Balaban J connectivity index is 4.46. The molecule has 13 heavy (non-hydrogen) atoms. The zero-order valence-corrected chi connectivity index (χ0v) is 7.94. The van der Waals surface area contributed by atoms with E-state index in [9.17, 15) is 10.0 Å². The van der Waals surface area contributed by atoms with Gasteiger partial charge < -0.3 is 14.7 Å². The molecule has 0 spiro atoms. The van der Waals surface area contributed by atoms with Crippen LogP contribution in [0.3, 0.4) is 0 Å². The summed E-state index contributed by atoms with van der Waals surface area (Å²) >= 11 is 0. The highest BCUT2D eigenvalue weighted by Gasteiger charge is 2.14. The zero-order chi connectivity index (χ0) is 10.4. The van der Waals surface area contributed by atoms with Crippen molar-refractivity contribution >= 4 is 12.1 Å². The molecule has 0 aromatic rings. The smallest absolute Gasteiger partial charge is 0.425 e. The number of carbonyl (C=O) groups excluding carboxylic acids is 1. The number of carbonyl (C=O) groups is 1. The third-order valence-corrected chi connectivity index (χ3v) is 1.29. The van der Waals surface area contributed by atoms with Crippen LogP contribution in [0.5, 0.6) is 0 Å². The van der Waals surface area contributed by atoms with Crippen LogP contribution in [0.25, 0.3) is 0 Å². The average Bonchev–Trinajstić information content (AvgIpc) is 2.12. The van der Waals surface area contributed by atoms with Crippen molar-refractivity contribution in [2.45, 2.75) is 13.2 Å². The molecule has 0 aromatic heterocycles. The van der Waals surface area contributed by atoms with E-state index in [0.29, 0.717) is 0 Å². The molecule has 0 aliphatic rings. The van der Waals surface area contributed by atoms with Crippen LogP contribution in [0.4, 0.5) is 0 Å². The molecule has 0 N–H and O–H groups in total. The first-order valence-electron chi connectivity index (χ1n) is 3.59. The summed E-state index contributed by atoms with van der Waals surface area (Å²) in [6.07, 6.45) is 0.164. The van der Waals surface area contributed by atoms with E-state index < -0.39 is 12.2 Å². The van der Waals surface area contributed by atoms with Crippen LogP contribution in [0.15, 0.2) is 12.2 Å². The fourth-order valence-corrected chi connectivity index (χ4v) is 0.584. The molecular formula is C8H13NO4. The SMILES string of the molecule is C=C(C)C(=O)[N+]([O-])=CC(OC)OC. The van der Waals surface area contributed by atoms with Crippen LogP contribution in [0, 0.1) is 5.21 Å². The quantitative estimate of drug-likeness (QED) is 0.158. The van der Waals surface area contributed by atoms with Crippen molar-refractivity contribution in [3.63, 3.8) is 0 Å². The lowest BCUT2D eigenvalue weighted by molar-refractivity contribution is -0.378. The minimum absolute atomic E-state index is 0.139. The maximum Gasteiger partial charge on any atom is 0.425 e. The van der Waals surface area contributed by atoms with Gasteiger partial charge in [-0.2, -0.15) is 0 Å². The number of amides is 1. The first-order chi connectivity index (χ1) is 6.02. The van der Waals surface area contributed by atoms with E-state index in [-0.39, 0.29) is 10.3 Å². The standard InChI is InChI=1S/C8H13NO4/c1-6(2)8(10)9(11)5-7(12-3)13-4/h5,7H,1H2,2-4H3. The highest BCUT2D eigenvalue weighted by molar-refractivity contribution is 5.87. The normalized spacial score (nSPS) is 11.8. The van der Waals surface area contributed by atoms with Gasteiger partial charge in [0.25, 0.3) is 0 Å². The summed E-state index contributed by atoms with van der Waals surface area (Å²) in [5.74, 6) is -0.709. The van der Waals surface area contributed by atoms with Gasteiger partial charge in [0.15, 0.2) is 0 Å². The van der Waals surface area contributed by atoms with Gasteiger partial charge in [0.05, 0.1) is 5.57 Å². The lowest BCUT2D eigenvalue weighted by Crippen LogP contribution is -2.25. The number of nitrogens with zero attached hydrogens (tertiary/aromatic N) is 1. The van der Waals surface area contributed by atoms with E-state index in [4.69, 9.17) is 9.47 Å². The van der Waals surface area contributed by atoms with Crippen LogP contribution in [0.1, 0.15) is 6.92 Å². The fraction of sp³-hybridized carbons (Fsp3) is 0.500. The highest BCUT2D eigenvalue weighted by atomic mass is 16.7. The summed E-state index contributed by atoms with van der Waals surface area (Å²) in [5.41, 5.74) is 0.164. The largest absolute Gasteiger partial charge is 0.616 e. The Kier molecular flexibility index (Phi) is 4.94. The van der Waals surface area contributed by atoms with Gasteiger partial charge in [-0.3, -0.25) is 0 Å². The Morgan fingerprint density at radius 3 is 2.31 bits per heavy atom. The van der Waals surface area contributed by atoms with Crippen LogP contribution in [-0.4, -0.2) is 37.4 Å². The lowest BCUT2D eigenvalue weighted by atomic mass is 10.3. The summed E-state index contributed by atoms with van der Waals surface area (Å²) < 4.78 is 9.54. The summed E-state index contributed by atoms with van der Waals surface area (Å²) in [6.45, 7) is 4.80. The van der Waals surface area contributed by atoms with E-state index in [1.165, 1.54) is 21.1 Å². The Hall–Kier alpha value is -1.20. The van der Waals surface area contributed by atoms with E-state index >= 15 is 0 Å². The Labute approximate surface area is 76.8 Å². The lowest BCUT2D eigenvalue weighted by Gasteiger charge is -2.07. The maximum absolute atomic E-state index is 11.0. The average molecular weight is 187 g/mol. The molecule has 0 saturated heterocycles. The van der Waals surface area contributed by atoms with Gasteiger partial charge in [-0.1, -0.05) is 6.58 Å². The van der Waals surface area contributed by atoms with E-state index in [0.717, 1.165) is 6.21 Å². The topological polar surface area (TPSA) is 61.6 Å². The molecule has 0 bridgehead atoms. The van der Waals surface area contributed by atoms with Gasteiger partial charge in [0.1, 0.15) is 0 Å². The van der Waals surface area contributed by atoms with Crippen molar-refractivity contribution < 1.29 is 19.0 Å². The molecule has 0 saturated carbocycles. The Morgan fingerprint density at radius 1 is 1.54 bits per heavy atom. The third kappa shape index (κ3) is 3.82. The molecule has 0 fully saturated rings. The second kappa shape index (κ2) is 5.45. The van der Waals surface area contributed by atoms with Crippen LogP contribution >= 0.6 is 0 Å². The van der Waals surface area contributed by atoms with Crippen molar-refractivity contribution in [2.75, 3.05) is 14.2 Å². The number of hydrogen-bond donors (Lipinski definition) is 0. The van der Waals surface area contributed by atoms with Gasteiger partial charge in [0, 0.05) is 14.2 Å². The number of methoxy groups -OCH3 is 2. The van der Waals surface area contributed by atoms with Crippen molar-refractivity contribution in [3.05, 3.63) is 17.4 Å². The molecule has 0 atom stereocenters. The first-order valence-corrected chi connectivity index (χ1v) is 3.59. The number of hydroxylamine groups is 1. The van der Waals surface area contributed by atoms with Crippen molar-refractivity contribution in [1.29, 1.82) is 0 Å². The molecule has 0 radical (unpaired) electrons. The summed E-state index contributed by atoms with van der Waals surface area (Å²) in [7, 11) is 2.73. The van der Waals surface area contributed by atoms with Crippen LogP contribution in [0.2, 0.25) is 0 Å². The van der Waals surface area contributed by atoms with Gasteiger partial charge in [-0.05, 0) is 6.92 Å². The molecule has 0 aliphatic carbocycles. The molecule has 0 unspecified atom stereocenters. The first kappa shape index (κ1) is 11.8. The van der Waals surface area contributed by atoms with Gasteiger partial charge in [-0.15, -0.1) is 4.74 Å². The molecule has 0 aromatic carbocycles. The maximum atomic E-state index is 11.0. The molecule has 74 valence electrons. The molecule has 1 amide bonds. The molecular weight excluding hydrogens is 174 g/mol. The number of ether oxygens (including phenoxy) is 2. The molecule has 0 heterocycles. The summed E-state index contributed by atoms with van der Waals surface area (Å²) in [5, 5.41) is 11.0. The van der Waals surface area contributed by atoms with Crippen molar-refractivity contribution in [1.82, 2.24) is 0 Å². The molecule has 0 aliphatic heterocycles. The Morgan fingerprint density at radius 2 is 2.00 bits per heavy atom. The van der Waals surface area contributed by atoms with E-state index in [1.807, 2.05) is 0 Å². The minimum atomic E-state index is -0.819. The molecule has 5 heteroatoms. The second-order valence-electron chi connectivity index (χ2n) is 2.40. The monoisotopic (exact) mass is 187 g/mol. The molecule has 0 rings (SSSR count). The minimum Gasteiger partial charge on any atom is -0.616 e. The molecule has 5 nitrogen and oxygen atoms in total. The zero-order valence-electron chi connectivity index (χ0n) is 7.94. The van der Waals surface area contributed by atoms with E-state index in [1.54, 1.807) is 0 Å². The van der Waals surface area contributed by atoms with Gasteiger partial charge >= 0.3 is 5.91 Å².